The first kappa shape index (κ1) is 46.8. The number of hydrogen-bond acceptors (Lipinski definition) is 15. The van der Waals surface area contributed by atoms with E-state index in [1.807, 2.05) is 11.8 Å². The molecule has 5 N–H and O–H groups in total. The molecule has 0 aliphatic carbocycles. The maximum Gasteiger partial charge on any atom is 0.315 e. The molecule has 0 unspecified atom stereocenters. The van der Waals surface area contributed by atoms with Crippen molar-refractivity contribution in [3.8, 4) is 0 Å². The number of ether oxygens (including phenoxy) is 11. The van der Waals surface area contributed by atoms with E-state index in [4.69, 9.17) is 57.8 Å². The van der Waals surface area contributed by atoms with Gasteiger partial charge in [0.2, 0.25) is 5.91 Å². The average molecular weight is 771 g/mol. The number of nitrogens with two attached hydrogens (primary N) is 1. The number of carbonyl (C=O) groups excluding carboxylic acids is 2. The zero-order chi connectivity index (χ0) is 37.0. The van der Waals surface area contributed by atoms with Crippen LogP contribution in [-0.4, -0.2) is 193 Å². The summed E-state index contributed by atoms with van der Waals surface area (Å²) in [4.78, 5) is 23.5. The molecule has 2 fully saturated rings. The summed E-state index contributed by atoms with van der Waals surface area (Å²) >= 11 is 1.90. The van der Waals surface area contributed by atoms with E-state index in [2.05, 4.69) is 16.0 Å². The summed E-state index contributed by atoms with van der Waals surface area (Å²) in [6.45, 7) is 12.0. The molecule has 17 nitrogen and oxygen atoms in total. The molecule has 2 saturated heterocycles. The minimum atomic E-state index is -0.0606. The molecule has 52 heavy (non-hydrogen) atoms. The lowest BCUT2D eigenvalue weighted by atomic mass is 10.0. The highest BCUT2D eigenvalue weighted by Crippen LogP contribution is 2.33. The predicted molar refractivity (Wildman–Crippen MR) is 195 cm³/mol. The first-order chi connectivity index (χ1) is 25.7. The SMILES string of the molecule is NCCOCCOCCOCCOCCOCCOCCOCCOCCOCCOCCOCCNC(=O)CCCC[C@@H]1SC[C@H]2NC(=O)N[C@@H]12. The lowest BCUT2D eigenvalue weighted by molar-refractivity contribution is -0.121. The molecular formula is C34H66N4O13S. The second kappa shape index (κ2) is 35.3. The lowest BCUT2D eigenvalue weighted by Crippen LogP contribution is -2.36. The van der Waals surface area contributed by atoms with Crippen LogP contribution in [0.3, 0.4) is 0 Å². The molecule has 0 bridgehead atoms. The van der Waals surface area contributed by atoms with Crippen LogP contribution in [0.4, 0.5) is 4.79 Å². The van der Waals surface area contributed by atoms with Crippen LogP contribution in [0.15, 0.2) is 0 Å². The van der Waals surface area contributed by atoms with Crippen molar-refractivity contribution in [1.29, 1.82) is 0 Å². The second-order valence-electron chi connectivity index (χ2n) is 11.7. The Balaban J connectivity index is 1.15. The summed E-state index contributed by atoms with van der Waals surface area (Å²) in [7, 11) is 0. The van der Waals surface area contributed by atoms with Gasteiger partial charge in [-0.3, -0.25) is 4.79 Å². The second-order valence-corrected chi connectivity index (χ2v) is 13.0. The van der Waals surface area contributed by atoms with E-state index in [9.17, 15) is 9.59 Å². The molecule has 306 valence electrons. The molecule has 2 aliphatic heterocycles. The van der Waals surface area contributed by atoms with Crippen molar-refractivity contribution in [2.24, 2.45) is 5.73 Å². The Hall–Kier alpha value is -1.39. The Kier molecular flexibility index (Phi) is 31.8. The van der Waals surface area contributed by atoms with Crippen LogP contribution < -0.4 is 21.7 Å². The summed E-state index contributed by atoms with van der Waals surface area (Å²) in [5, 5.41) is 9.28. The maximum atomic E-state index is 12.0. The van der Waals surface area contributed by atoms with Gasteiger partial charge >= 0.3 is 6.03 Å². The van der Waals surface area contributed by atoms with Crippen LogP contribution in [0.1, 0.15) is 25.7 Å². The number of hydrogen-bond donors (Lipinski definition) is 4. The minimum absolute atomic E-state index is 0.0433. The summed E-state index contributed by atoms with van der Waals surface area (Å²) in [5.41, 5.74) is 5.33. The molecule has 0 aromatic rings. The standard InChI is InChI=1S/C34H66N4O13S/c35-5-7-41-9-11-43-13-15-45-17-19-47-21-23-49-25-27-51-28-26-50-24-22-48-20-18-46-16-14-44-12-10-42-8-6-36-32(39)4-2-1-3-31-33-30(29-52-31)37-34(40)38-33/h30-31,33H,1-29,35H2,(H,36,39)(H2,37,38,40)/t30-,31+,33-/m1/s1. The van der Waals surface area contributed by atoms with Crippen molar-refractivity contribution in [2.75, 3.05) is 164 Å². The van der Waals surface area contributed by atoms with Crippen LogP contribution in [0.5, 0.6) is 0 Å². The third kappa shape index (κ3) is 27.2. The summed E-state index contributed by atoms with van der Waals surface area (Å²) in [6.07, 6.45) is 3.34. The van der Waals surface area contributed by atoms with Crippen molar-refractivity contribution in [3.63, 3.8) is 0 Å². The summed E-state index contributed by atoms with van der Waals surface area (Å²) in [5.74, 6) is 1.00. The largest absolute Gasteiger partial charge is 0.378 e. The van der Waals surface area contributed by atoms with Crippen LogP contribution in [0.2, 0.25) is 0 Å². The van der Waals surface area contributed by atoms with Gasteiger partial charge in [0.25, 0.3) is 0 Å². The van der Waals surface area contributed by atoms with E-state index in [0.29, 0.717) is 170 Å². The number of unbranched alkanes of at least 4 members (excludes halogenated alkanes) is 1. The zero-order valence-corrected chi connectivity index (χ0v) is 31.8. The van der Waals surface area contributed by atoms with Crippen molar-refractivity contribution < 1.29 is 61.7 Å². The fraction of sp³-hybridized carbons (Fsp3) is 0.941. The summed E-state index contributed by atoms with van der Waals surface area (Å²) < 4.78 is 59.9. The maximum absolute atomic E-state index is 12.0. The van der Waals surface area contributed by atoms with Crippen LogP contribution >= 0.6 is 11.8 Å². The van der Waals surface area contributed by atoms with E-state index in [1.165, 1.54) is 0 Å². The Morgan fingerprint density at radius 1 is 0.577 bits per heavy atom. The zero-order valence-electron chi connectivity index (χ0n) is 31.0. The smallest absolute Gasteiger partial charge is 0.315 e. The number of nitrogens with one attached hydrogen (secondary N) is 3. The number of fused-ring (bicyclic) bond motifs is 1. The molecule has 0 aromatic heterocycles. The van der Waals surface area contributed by atoms with E-state index < -0.39 is 0 Å². The number of thioether (sulfide) groups is 1. The molecule has 2 rings (SSSR count). The normalized spacial score (nSPS) is 18.1. The van der Waals surface area contributed by atoms with E-state index >= 15 is 0 Å². The summed E-state index contributed by atoms with van der Waals surface area (Å²) in [6, 6.07) is 0.407. The molecule has 0 radical (unpaired) electrons. The fourth-order valence-electron chi connectivity index (χ4n) is 5.01. The highest BCUT2D eigenvalue weighted by atomic mass is 32.2. The van der Waals surface area contributed by atoms with Crippen LogP contribution in [0, 0.1) is 0 Å². The number of urea groups is 1. The van der Waals surface area contributed by atoms with Gasteiger partial charge in [-0.15, -0.1) is 0 Å². The van der Waals surface area contributed by atoms with E-state index in [0.717, 1.165) is 25.0 Å². The molecule has 2 heterocycles. The van der Waals surface area contributed by atoms with E-state index in [-0.39, 0.29) is 24.0 Å². The molecule has 0 saturated carbocycles. The van der Waals surface area contributed by atoms with Gasteiger partial charge in [-0.1, -0.05) is 6.42 Å². The van der Waals surface area contributed by atoms with Gasteiger partial charge in [0.1, 0.15) is 0 Å². The number of amides is 3. The Bertz CT molecular complexity index is 842. The van der Waals surface area contributed by atoms with Gasteiger partial charge in [-0.05, 0) is 12.8 Å². The monoisotopic (exact) mass is 770 g/mol. The molecule has 3 amide bonds. The third-order valence-electron chi connectivity index (χ3n) is 7.63. The fourth-order valence-corrected chi connectivity index (χ4v) is 6.55. The number of carbonyl (C=O) groups is 2. The third-order valence-corrected chi connectivity index (χ3v) is 9.14. The predicted octanol–water partition coefficient (Wildman–Crippen LogP) is -0.0303. The Morgan fingerprint density at radius 2 is 0.962 bits per heavy atom. The Morgan fingerprint density at radius 3 is 1.37 bits per heavy atom. The van der Waals surface area contributed by atoms with Gasteiger partial charge in [0.15, 0.2) is 0 Å². The first-order valence-electron chi connectivity index (χ1n) is 18.7. The van der Waals surface area contributed by atoms with E-state index in [1.54, 1.807) is 0 Å². The Labute approximate surface area is 313 Å². The first-order valence-corrected chi connectivity index (χ1v) is 19.8. The molecule has 2 aliphatic rings. The molecule has 0 spiro atoms. The molecule has 3 atom stereocenters. The van der Waals surface area contributed by atoms with Gasteiger partial charge < -0.3 is 73.8 Å². The van der Waals surface area contributed by atoms with Gasteiger partial charge in [-0.25, -0.2) is 4.79 Å². The molecule has 18 heteroatoms. The van der Waals surface area contributed by atoms with Crippen molar-refractivity contribution >= 4 is 23.7 Å². The quantitative estimate of drug-likeness (QED) is 0.0479. The highest BCUT2D eigenvalue weighted by Gasteiger charge is 2.42. The average Bonchev–Trinajstić information content (AvgIpc) is 3.70. The number of rotatable bonds is 40. The van der Waals surface area contributed by atoms with Gasteiger partial charge in [0.05, 0.1) is 157 Å². The lowest BCUT2D eigenvalue weighted by Gasteiger charge is -2.16. The van der Waals surface area contributed by atoms with Gasteiger partial charge in [-0.2, -0.15) is 11.8 Å². The van der Waals surface area contributed by atoms with Crippen molar-refractivity contribution in [1.82, 2.24) is 16.0 Å². The van der Waals surface area contributed by atoms with Crippen molar-refractivity contribution in [3.05, 3.63) is 0 Å². The van der Waals surface area contributed by atoms with Crippen LogP contribution in [0.25, 0.3) is 0 Å². The van der Waals surface area contributed by atoms with Gasteiger partial charge in [0, 0.05) is 30.5 Å². The topological polar surface area (TPSA) is 198 Å². The molecule has 0 aromatic carbocycles. The minimum Gasteiger partial charge on any atom is -0.378 e. The van der Waals surface area contributed by atoms with Crippen molar-refractivity contribution in [2.45, 2.75) is 43.0 Å². The highest BCUT2D eigenvalue weighted by molar-refractivity contribution is 8.00. The molecular weight excluding hydrogens is 704 g/mol. The van der Waals surface area contributed by atoms with Crippen LogP contribution in [-0.2, 0) is 56.9 Å².